The second kappa shape index (κ2) is 113. The number of carbonyl (C=O) groups is 6. The molecule has 0 rings (SSSR count). The van der Waals surface area contributed by atoms with Crippen LogP contribution in [0.25, 0.3) is 0 Å². The zero-order valence-electron chi connectivity index (χ0n) is 83.2. The molecule has 0 saturated carbocycles. The zero-order chi connectivity index (χ0) is 92.4. The quantitative estimate of drug-likeness (QED) is 0.0187. The van der Waals surface area contributed by atoms with E-state index in [1.807, 2.05) is 0 Å². The molecule has 18 nitrogen and oxygen atoms in total. The number of esters is 6. The van der Waals surface area contributed by atoms with Gasteiger partial charge in [0, 0.05) is 38.5 Å². The van der Waals surface area contributed by atoms with Crippen LogP contribution in [-0.4, -0.2) is 144 Å². The summed E-state index contributed by atoms with van der Waals surface area (Å²) in [6, 6.07) is 0. The Morgan fingerprint density at radius 1 is 0.168 bits per heavy atom. The van der Waals surface area contributed by atoms with Gasteiger partial charge in [0.1, 0.15) is 32.0 Å². The van der Waals surface area contributed by atoms with E-state index in [0.29, 0.717) is 38.5 Å². The fraction of sp³-hybridized carbons (Fsp3) is 0.944. The highest BCUT2D eigenvalue weighted by Crippen LogP contribution is 2.22. The molecule has 6 N–H and O–H groups in total. The van der Waals surface area contributed by atoms with Crippen molar-refractivity contribution in [3.63, 3.8) is 0 Å². The molecule has 746 valence electrons. The molecule has 2 unspecified atom stereocenters. The summed E-state index contributed by atoms with van der Waals surface area (Å²) in [5.41, 5.74) is 0. The molecule has 2 atom stereocenters. The fourth-order valence-corrected chi connectivity index (χ4v) is 15.5. The Balaban J connectivity index is -0.000000916. The van der Waals surface area contributed by atoms with Gasteiger partial charge >= 0.3 is 35.8 Å². The van der Waals surface area contributed by atoms with E-state index in [4.69, 9.17) is 54.0 Å². The van der Waals surface area contributed by atoms with Gasteiger partial charge in [-0.2, -0.15) is 0 Å². The molecule has 0 heterocycles. The molecule has 18 heteroatoms. The van der Waals surface area contributed by atoms with Crippen LogP contribution in [0.1, 0.15) is 574 Å². The number of hydrogen-bond acceptors (Lipinski definition) is 18. The van der Waals surface area contributed by atoms with Gasteiger partial charge in [-0.15, -0.1) is 0 Å². The zero-order valence-corrected chi connectivity index (χ0v) is 83.2. The van der Waals surface area contributed by atoms with Crippen LogP contribution in [0.3, 0.4) is 0 Å². The largest absolute Gasteiger partial charge is 0.462 e. The van der Waals surface area contributed by atoms with Crippen molar-refractivity contribution in [3.05, 3.63) is 0 Å². The average Bonchev–Trinajstić information content (AvgIpc) is 0.896. The van der Waals surface area contributed by atoms with E-state index < -0.39 is 24.4 Å². The van der Waals surface area contributed by atoms with Crippen molar-refractivity contribution in [2.75, 3.05) is 52.9 Å². The molecular formula is C107H210O18. The Labute approximate surface area is 771 Å². The molecule has 0 aliphatic heterocycles. The standard InChI is InChI=1S/C50H96O6.C35H68O5.C19H38O4.C3H8O3/c1-4-7-10-13-16-19-22-25-28-31-34-37-40-43-49(52)55-46-47(45-54-48(51)42-39-36-33-30-27-24-21-18-15-12-9-6-3)56-50(53)44-41-38-35-32-29-26-23-20-17-14-11-8-5-2;1-3-5-7-9-11-13-15-17-19-21-23-25-27-29-34(37)39-32-33(31-36)40-35(38)30-28-26-24-22-20-18-16-14-12-10-8-6-4-2;1-2-3-4-5-6-7-8-9-10-11-12-13-14-15-19(22)23-18(16-20)17-21;4-1-3(6)2-5/h47H,4-46H2,1-3H3;33,36H,3-32H2,1-2H3;18,20-21H,2-17H2,1H3;3-6H,1-2H2. The summed E-state index contributed by atoms with van der Waals surface area (Å²) < 4.78 is 32.3. The molecule has 0 aromatic heterocycles. The lowest BCUT2D eigenvalue weighted by atomic mass is 10.0. The lowest BCUT2D eigenvalue weighted by Crippen LogP contribution is -2.30. The molecule has 0 bridgehead atoms. The van der Waals surface area contributed by atoms with Crippen LogP contribution < -0.4 is 0 Å². The van der Waals surface area contributed by atoms with E-state index in [9.17, 15) is 33.9 Å². The Hall–Kier alpha value is -3.42. The average molecular weight is 1780 g/mol. The monoisotopic (exact) mass is 1780 g/mol. The second-order valence-electron chi connectivity index (χ2n) is 36.6. The maximum absolute atomic E-state index is 12.7. The first-order chi connectivity index (χ1) is 61.2. The summed E-state index contributed by atoms with van der Waals surface area (Å²) in [6.45, 7) is 11.7. The van der Waals surface area contributed by atoms with Crippen LogP contribution in [0.2, 0.25) is 0 Å². The van der Waals surface area contributed by atoms with Gasteiger partial charge in [0.2, 0.25) is 0 Å². The molecular weight excluding hydrogens is 1570 g/mol. The van der Waals surface area contributed by atoms with Crippen LogP contribution in [0.15, 0.2) is 0 Å². The van der Waals surface area contributed by atoms with Crippen LogP contribution in [0, 0.1) is 0 Å². The van der Waals surface area contributed by atoms with Gasteiger partial charge in [0.05, 0.1) is 33.0 Å². The normalized spacial score (nSPS) is 11.7. The summed E-state index contributed by atoms with van der Waals surface area (Å²) in [4.78, 5) is 73.4. The maximum atomic E-state index is 12.7. The van der Waals surface area contributed by atoms with E-state index in [2.05, 4.69) is 41.5 Å². The van der Waals surface area contributed by atoms with Crippen LogP contribution in [0.5, 0.6) is 0 Å². The van der Waals surface area contributed by atoms with Gasteiger partial charge in [-0.05, 0) is 38.5 Å². The van der Waals surface area contributed by atoms with Crippen molar-refractivity contribution in [2.45, 2.75) is 599 Å². The van der Waals surface area contributed by atoms with E-state index in [1.165, 1.54) is 392 Å². The van der Waals surface area contributed by atoms with Crippen molar-refractivity contribution in [1.82, 2.24) is 0 Å². The second-order valence-corrected chi connectivity index (χ2v) is 36.6. The highest BCUT2D eigenvalue weighted by molar-refractivity contribution is 5.72. The van der Waals surface area contributed by atoms with Gasteiger partial charge in [-0.3, -0.25) is 28.8 Å². The third-order valence-corrected chi connectivity index (χ3v) is 23.9. The number of rotatable bonds is 97. The van der Waals surface area contributed by atoms with E-state index in [-0.39, 0.29) is 88.7 Å². The summed E-state index contributed by atoms with van der Waals surface area (Å²) in [5.74, 6) is -1.74. The third-order valence-electron chi connectivity index (χ3n) is 23.9. The number of ether oxygens (including phenoxy) is 6. The number of aliphatic hydroxyl groups is 6. The maximum Gasteiger partial charge on any atom is 0.306 e. The Bertz CT molecular complexity index is 2120. The van der Waals surface area contributed by atoms with Gasteiger partial charge in [0.25, 0.3) is 0 Å². The molecule has 0 amide bonds. The van der Waals surface area contributed by atoms with Gasteiger partial charge in [-0.1, -0.05) is 497 Å². The highest BCUT2D eigenvalue weighted by Gasteiger charge is 2.21. The number of aliphatic hydroxyl groups excluding tert-OH is 6. The van der Waals surface area contributed by atoms with Crippen molar-refractivity contribution in [2.24, 2.45) is 0 Å². The number of carbonyl (C=O) groups excluding carboxylic acids is 6. The van der Waals surface area contributed by atoms with Gasteiger partial charge in [0.15, 0.2) is 12.2 Å². The molecule has 0 aliphatic carbocycles. The molecule has 0 saturated heterocycles. The first-order valence-electron chi connectivity index (χ1n) is 54.0. The van der Waals surface area contributed by atoms with Crippen molar-refractivity contribution < 1.29 is 87.8 Å². The smallest absolute Gasteiger partial charge is 0.306 e. The first kappa shape index (κ1) is 128. The number of unbranched alkanes of at least 4 members (excludes halogenated alkanes) is 71. The van der Waals surface area contributed by atoms with Crippen LogP contribution >= 0.6 is 0 Å². The predicted octanol–water partition coefficient (Wildman–Crippen LogP) is 29.1. The summed E-state index contributed by atoms with van der Waals surface area (Å²) >= 11 is 0. The fourth-order valence-electron chi connectivity index (χ4n) is 15.5. The minimum absolute atomic E-state index is 0.0574. The topological polar surface area (TPSA) is 279 Å². The van der Waals surface area contributed by atoms with Crippen LogP contribution in [-0.2, 0) is 57.2 Å². The minimum atomic E-state index is -0.954. The highest BCUT2D eigenvalue weighted by atomic mass is 16.6. The van der Waals surface area contributed by atoms with Gasteiger partial charge < -0.3 is 59.1 Å². The molecule has 0 radical (unpaired) electrons. The Kier molecular flexibility index (Phi) is 115. The lowest BCUT2D eigenvalue weighted by Gasteiger charge is -2.18. The number of hydrogen-bond donors (Lipinski definition) is 6. The van der Waals surface area contributed by atoms with E-state index in [1.54, 1.807) is 0 Å². The summed E-state index contributed by atoms with van der Waals surface area (Å²) in [6.07, 6.45) is 96.1. The summed E-state index contributed by atoms with van der Waals surface area (Å²) in [5, 5.41) is 51.2. The molecule has 0 aliphatic rings. The third kappa shape index (κ3) is 113. The SMILES string of the molecule is CCCCCCCCCCCCCCCC(=O)OC(CO)CO.CCCCCCCCCCCCCCCC(=O)OCC(CO)OC(=O)CCCCCCCCCCCCCCC.CCCCCCCCCCCCCCCC(=O)OCC(COC(=O)CCCCCCCCCCCCCC)OC(=O)CCCCCCCCCCCCCCC.OCC(O)CO. The molecule has 0 aromatic rings. The predicted molar refractivity (Wildman–Crippen MR) is 521 cm³/mol. The Morgan fingerprint density at radius 3 is 0.440 bits per heavy atom. The first-order valence-corrected chi connectivity index (χ1v) is 54.0. The Morgan fingerprint density at radius 2 is 0.296 bits per heavy atom. The van der Waals surface area contributed by atoms with Gasteiger partial charge in [-0.25, -0.2) is 0 Å². The summed E-state index contributed by atoms with van der Waals surface area (Å²) in [7, 11) is 0. The molecule has 0 spiro atoms. The van der Waals surface area contributed by atoms with Crippen molar-refractivity contribution >= 4 is 35.8 Å². The molecule has 0 fully saturated rings. The van der Waals surface area contributed by atoms with E-state index >= 15 is 0 Å². The van der Waals surface area contributed by atoms with Crippen molar-refractivity contribution in [3.8, 4) is 0 Å². The molecule has 0 aromatic carbocycles. The van der Waals surface area contributed by atoms with Crippen molar-refractivity contribution in [1.29, 1.82) is 0 Å². The van der Waals surface area contributed by atoms with Crippen LogP contribution in [0.4, 0.5) is 0 Å². The minimum Gasteiger partial charge on any atom is -0.462 e. The molecule has 125 heavy (non-hydrogen) atoms. The van der Waals surface area contributed by atoms with E-state index in [0.717, 1.165) is 103 Å². The lowest BCUT2D eigenvalue weighted by molar-refractivity contribution is -0.167.